The number of carbonyl (C=O) groups excluding carboxylic acids is 2. The Morgan fingerprint density at radius 2 is 1.76 bits per heavy atom. The Balaban J connectivity index is 1.64. The number of hydrogen-bond acceptors (Lipinski definition) is 4. The van der Waals surface area contributed by atoms with Crippen LogP contribution in [0.5, 0.6) is 0 Å². The largest absolute Gasteiger partial charge is 0.452 e. The monoisotopic (exact) mass is 417 g/mol. The van der Waals surface area contributed by atoms with Gasteiger partial charge in [0.2, 0.25) is 0 Å². The number of amides is 1. The molecule has 1 aromatic carbocycles. The van der Waals surface area contributed by atoms with E-state index in [-0.39, 0.29) is 23.2 Å². The molecular weight excluding hydrogens is 390 g/mol. The van der Waals surface area contributed by atoms with Gasteiger partial charge in [-0.15, -0.1) is 0 Å². The van der Waals surface area contributed by atoms with Crippen LogP contribution >= 0.6 is 11.6 Å². The molecule has 2 atom stereocenters. The van der Waals surface area contributed by atoms with E-state index in [9.17, 15) is 9.59 Å². The third kappa shape index (κ3) is 5.18. The summed E-state index contributed by atoms with van der Waals surface area (Å²) in [5.74, 6) is 0.122. The number of nitrogens with zero attached hydrogens (tertiary/aromatic N) is 3. The fourth-order valence-corrected chi connectivity index (χ4v) is 4.23. The first-order chi connectivity index (χ1) is 13.7. The fraction of sp³-hybridized carbons (Fsp3) is 0.500. The highest BCUT2D eigenvalue weighted by molar-refractivity contribution is 6.32. The summed E-state index contributed by atoms with van der Waals surface area (Å²) in [4.78, 5) is 26.8. The van der Waals surface area contributed by atoms with Crippen LogP contribution in [-0.4, -0.2) is 46.3 Å². The number of esters is 1. The first kappa shape index (κ1) is 21.4. The molecule has 0 N–H and O–H groups in total. The average molecular weight is 418 g/mol. The van der Waals surface area contributed by atoms with Gasteiger partial charge in [-0.2, -0.15) is 5.10 Å². The average Bonchev–Trinajstić information content (AvgIpc) is 2.94. The van der Waals surface area contributed by atoms with E-state index in [0.717, 1.165) is 12.0 Å². The summed E-state index contributed by atoms with van der Waals surface area (Å²) in [7, 11) is 0. The molecule has 1 aromatic heterocycles. The number of aryl methyl sites for hydroxylation is 2. The molecule has 0 radical (unpaired) electrons. The summed E-state index contributed by atoms with van der Waals surface area (Å²) in [6, 6.07) is 8.03. The van der Waals surface area contributed by atoms with Crippen LogP contribution in [0.25, 0.3) is 0 Å². The molecule has 6 nitrogen and oxygen atoms in total. The summed E-state index contributed by atoms with van der Waals surface area (Å²) >= 11 is 6.41. The predicted octanol–water partition coefficient (Wildman–Crippen LogP) is 3.86. The lowest BCUT2D eigenvalue weighted by Gasteiger charge is -2.34. The third-order valence-corrected chi connectivity index (χ3v) is 5.65. The van der Waals surface area contributed by atoms with Crippen molar-refractivity contribution in [2.45, 2.75) is 40.7 Å². The molecule has 0 saturated carbocycles. The molecule has 0 spiro atoms. The van der Waals surface area contributed by atoms with Crippen LogP contribution in [0.1, 0.15) is 47.4 Å². The Hall–Kier alpha value is -2.34. The summed E-state index contributed by atoms with van der Waals surface area (Å²) in [6.07, 6.45) is 1.11. The first-order valence-corrected chi connectivity index (χ1v) is 10.4. The lowest BCUT2D eigenvalue weighted by Crippen LogP contribution is -2.44. The first-order valence-electron chi connectivity index (χ1n) is 9.98. The van der Waals surface area contributed by atoms with E-state index in [4.69, 9.17) is 16.3 Å². The van der Waals surface area contributed by atoms with Crippen molar-refractivity contribution in [2.24, 2.45) is 11.8 Å². The standard InChI is InChI=1S/C22H28ClN3O3/c1-14-5-7-18(8-6-14)12-26-21(23)20(17(4)24-26)22(28)29-13-19(27)25-10-15(2)9-16(3)11-25/h5-8,15-16H,9-13H2,1-4H3/t15-,16-/m0/s1. The van der Waals surface area contributed by atoms with Crippen molar-refractivity contribution in [3.63, 3.8) is 0 Å². The van der Waals surface area contributed by atoms with Crippen LogP contribution in [0.3, 0.4) is 0 Å². The van der Waals surface area contributed by atoms with Gasteiger partial charge in [0.15, 0.2) is 6.61 Å². The molecule has 1 fully saturated rings. The van der Waals surface area contributed by atoms with Gasteiger partial charge in [0, 0.05) is 13.1 Å². The molecule has 156 valence electrons. The molecule has 29 heavy (non-hydrogen) atoms. The molecule has 1 aliphatic heterocycles. The number of piperidine rings is 1. The Kier molecular flexibility index (Phi) is 6.63. The van der Waals surface area contributed by atoms with Gasteiger partial charge in [0.1, 0.15) is 10.7 Å². The normalized spacial score (nSPS) is 19.3. The minimum absolute atomic E-state index is 0.169. The molecule has 1 amide bonds. The van der Waals surface area contributed by atoms with Crippen LogP contribution < -0.4 is 0 Å². The van der Waals surface area contributed by atoms with E-state index in [1.54, 1.807) is 16.5 Å². The van der Waals surface area contributed by atoms with Crippen LogP contribution in [0.15, 0.2) is 24.3 Å². The maximum absolute atomic E-state index is 12.6. The molecule has 0 aliphatic carbocycles. The summed E-state index contributed by atoms with van der Waals surface area (Å²) in [5.41, 5.74) is 2.90. The Morgan fingerprint density at radius 1 is 1.14 bits per heavy atom. The number of halogens is 1. The van der Waals surface area contributed by atoms with Crippen molar-refractivity contribution in [1.82, 2.24) is 14.7 Å². The lowest BCUT2D eigenvalue weighted by atomic mass is 9.92. The number of benzene rings is 1. The zero-order valence-electron chi connectivity index (χ0n) is 17.4. The van der Waals surface area contributed by atoms with E-state index in [0.29, 0.717) is 37.2 Å². The van der Waals surface area contributed by atoms with Crippen LogP contribution in [0, 0.1) is 25.7 Å². The fourth-order valence-electron chi connectivity index (χ4n) is 3.91. The quantitative estimate of drug-likeness (QED) is 0.693. The van der Waals surface area contributed by atoms with Crippen molar-refractivity contribution < 1.29 is 14.3 Å². The van der Waals surface area contributed by atoms with Gasteiger partial charge in [-0.1, -0.05) is 55.3 Å². The van der Waals surface area contributed by atoms with Gasteiger partial charge in [0.25, 0.3) is 5.91 Å². The number of aromatic nitrogens is 2. The van der Waals surface area contributed by atoms with E-state index < -0.39 is 5.97 Å². The van der Waals surface area contributed by atoms with E-state index in [1.165, 1.54) is 5.56 Å². The highest BCUT2D eigenvalue weighted by atomic mass is 35.5. The molecule has 3 rings (SSSR count). The van der Waals surface area contributed by atoms with Crippen molar-refractivity contribution in [3.8, 4) is 0 Å². The van der Waals surface area contributed by atoms with Crippen LogP contribution in [-0.2, 0) is 16.1 Å². The van der Waals surface area contributed by atoms with Crippen molar-refractivity contribution in [2.75, 3.05) is 19.7 Å². The number of rotatable bonds is 5. The maximum atomic E-state index is 12.6. The zero-order valence-corrected chi connectivity index (χ0v) is 18.2. The second-order valence-electron chi connectivity index (χ2n) is 8.22. The summed E-state index contributed by atoms with van der Waals surface area (Å²) in [5, 5.41) is 4.60. The lowest BCUT2D eigenvalue weighted by molar-refractivity contribution is -0.137. The van der Waals surface area contributed by atoms with Crippen molar-refractivity contribution >= 4 is 23.5 Å². The zero-order chi connectivity index (χ0) is 21.1. The van der Waals surface area contributed by atoms with Crippen LogP contribution in [0.4, 0.5) is 0 Å². The smallest absolute Gasteiger partial charge is 0.343 e. The van der Waals surface area contributed by atoms with Gasteiger partial charge in [-0.05, 0) is 37.7 Å². The molecule has 7 heteroatoms. The molecule has 0 unspecified atom stereocenters. The van der Waals surface area contributed by atoms with Gasteiger partial charge in [-0.25, -0.2) is 9.48 Å². The van der Waals surface area contributed by atoms with Crippen molar-refractivity contribution in [3.05, 3.63) is 51.8 Å². The number of hydrogen-bond donors (Lipinski definition) is 0. The predicted molar refractivity (Wildman–Crippen MR) is 112 cm³/mol. The molecule has 2 aromatic rings. The van der Waals surface area contributed by atoms with Gasteiger partial charge >= 0.3 is 5.97 Å². The van der Waals surface area contributed by atoms with Gasteiger partial charge in [-0.3, -0.25) is 4.79 Å². The van der Waals surface area contributed by atoms with Gasteiger partial charge in [0.05, 0.1) is 12.2 Å². The molecular formula is C22H28ClN3O3. The number of likely N-dealkylation sites (tertiary alicyclic amines) is 1. The summed E-state index contributed by atoms with van der Waals surface area (Å²) in [6.45, 7) is 9.58. The topological polar surface area (TPSA) is 64.4 Å². The Labute approximate surface area is 176 Å². The number of ether oxygens (including phenoxy) is 1. The van der Waals surface area contributed by atoms with Gasteiger partial charge < -0.3 is 9.64 Å². The Morgan fingerprint density at radius 3 is 2.38 bits per heavy atom. The molecule has 2 heterocycles. The SMILES string of the molecule is Cc1ccc(Cn2nc(C)c(C(=O)OCC(=O)N3C[C@@H](C)C[C@H](C)C3)c2Cl)cc1. The summed E-state index contributed by atoms with van der Waals surface area (Å²) < 4.78 is 6.86. The Bertz CT molecular complexity index is 881. The van der Waals surface area contributed by atoms with Crippen molar-refractivity contribution in [1.29, 1.82) is 0 Å². The minimum atomic E-state index is -0.617. The highest BCUT2D eigenvalue weighted by Crippen LogP contribution is 2.23. The third-order valence-electron chi connectivity index (χ3n) is 5.27. The second kappa shape index (κ2) is 8.99. The van der Waals surface area contributed by atoms with E-state index in [2.05, 4.69) is 18.9 Å². The minimum Gasteiger partial charge on any atom is -0.452 e. The van der Waals surface area contributed by atoms with Crippen LogP contribution in [0.2, 0.25) is 5.15 Å². The second-order valence-corrected chi connectivity index (χ2v) is 8.57. The number of carbonyl (C=O) groups is 2. The van der Waals surface area contributed by atoms with E-state index >= 15 is 0 Å². The molecule has 0 bridgehead atoms. The molecule has 1 aliphatic rings. The van der Waals surface area contributed by atoms with E-state index in [1.807, 2.05) is 31.2 Å². The molecule has 1 saturated heterocycles. The maximum Gasteiger partial charge on any atom is 0.343 e. The highest BCUT2D eigenvalue weighted by Gasteiger charge is 2.27.